The maximum Gasteiger partial charge on any atom is 0.306 e. The average Bonchev–Trinajstić information content (AvgIpc) is 2.28. The van der Waals surface area contributed by atoms with Crippen molar-refractivity contribution in [2.24, 2.45) is 0 Å². The van der Waals surface area contributed by atoms with E-state index in [1.165, 1.54) is 0 Å². The van der Waals surface area contributed by atoms with Crippen LogP contribution in [0.3, 0.4) is 0 Å². The van der Waals surface area contributed by atoms with Gasteiger partial charge < -0.3 is 10.2 Å². The lowest BCUT2D eigenvalue weighted by Crippen LogP contribution is -2.50. The molecule has 1 fully saturated rings. The molecule has 0 aromatic heterocycles. The minimum absolute atomic E-state index is 0.0593. The van der Waals surface area contributed by atoms with E-state index in [1.54, 1.807) is 23.6 Å². The van der Waals surface area contributed by atoms with Gasteiger partial charge in [-0.25, -0.2) is 8.42 Å². The lowest BCUT2D eigenvalue weighted by Gasteiger charge is -2.35. The van der Waals surface area contributed by atoms with Crippen LogP contribution in [0, 0.1) is 0 Å². The summed E-state index contributed by atoms with van der Waals surface area (Å²) >= 11 is 1.57. The molecule has 0 radical (unpaired) electrons. The Labute approximate surface area is 111 Å². The Hall–Kier alpha value is -0.310. The van der Waals surface area contributed by atoms with Crippen molar-refractivity contribution in [3.05, 3.63) is 0 Å². The van der Waals surface area contributed by atoms with Gasteiger partial charge in [-0.2, -0.15) is 11.8 Å². The third-order valence-electron chi connectivity index (χ3n) is 2.86. The quantitative estimate of drug-likeness (QED) is 0.691. The fraction of sp³-hybridized carbons (Fsp3) is 0.900. The molecular weight excluding hydrogens is 278 g/mol. The van der Waals surface area contributed by atoms with E-state index >= 15 is 0 Å². The van der Waals surface area contributed by atoms with E-state index in [4.69, 9.17) is 5.11 Å². The van der Waals surface area contributed by atoms with E-state index in [0.717, 1.165) is 5.75 Å². The van der Waals surface area contributed by atoms with Crippen molar-refractivity contribution in [2.75, 3.05) is 30.3 Å². The van der Waals surface area contributed by atoms with E-state index in [0.29, 0.717) is 12.3 Å². The fourth-order valence-corrected chi connectivity index (χ4v) is 4.98. The lowest BCUT2D eigenvalue weighted by molar-refractivity contribution is -0.139. The van der Waals surface area contributed by atoms with Gasteiger partial charge in [0.15, 0.2) is 9.84 Å². The Morgan fingerprint density at radius 3 is 2.78 bits per heavy atom. The summed E-state index contributed by atoms with van der Waals surface area (Å²) in [6.45, 7) is 2.25. The van der Waals surface area contributed by atoms with Crippen LogP contribution in [-0.2, 0) is 14.6 Å². The number of carboxylic acid groups (broad SMARTS) is 1. The summed E-state index contributed by atoms with van der Waals surface area (Å²) < 4.78 is 23.8. The second-order valence-corrected chi connectivity index (χ2v) is 7.82. The number of hydrogen-bond donors (Lipinski definition) is 2. The highest BCUT2D eigenvalue weighted by Crippen LogP contribution is 2.21. The molecule has 8 heteroatoms. The summed E-state index contributed by atoms with van der Waals surface area (Å²) in [5.41, 5.74) is 0. The topological polar surface area (TPSA) is 94.9 Å². The highest BCUT2D eigenvalue weighted by atomic mass is 32.2. The van der Waals surface area contributed by atoms with Crippen LogP contribution in [0.5, 0.6) is 0 Å². The van der Waals surface area contributed by atoms with Gasteiger partial charge in [-0.1, -0.05) is 6.92 Å². The molecule has 0 amide bonds. The maximum atomic E-state index is 11.9. The van der Waals surface area contributed by atoms with E-state index in [-0.39, 0.29) is 18.7 Å². The first-order chi connectivity index (χ1) is 8.36. The molecule has 1 rings (SSSR count). The van der Waals surface area contributed by atoms with Crippen LogP contribution in [0.1, 0.15) is 13.3 Å². The van der Waals surface area contributed by atoms with Crippen LogP contribution in [-0.4, -0.2) is 71.3 Å². The van der Waals surface area contributed by atoms with Crippen molar-refractivity contribution in [3.8, 4) is 0 Å². The first kappa shape index (κ1) is 15.7. The average molecular weight is 297 g/mol. The monoisotopic (exact) mass is 297 g/mol. The molecule has 2 atom stereocenters. The highest BCUT2D eigenvalue weighted by Gasteiger charge is 2.33. The van der Waals surface area contributed by atoms with Crippen molar-refractivity contribution in [3.63, 3.8) is 0 Å². The summed E-state index contributed by atoms with van der Waals surface area (Å²) in [5, 5.41) is 17.6. The van der Waals surface area contributed by atoms with Gasteiger partial charge in [-0.15, -0.1) is 0 Å². The third kappa shape index (κ3) is 4.42. The molecule has 18 heavy (non-hydrogen) atoms. The van der Waals surface area contributed by atoms with Crippen molar-refractivity contribution in [1.29, 1.82) is 0 Å². The number of thioether (sulfide) groups is 1. The smallest absolute Gasteiger partial charge is 0.306 e. The van der Waals surface area contributed by atoms with Crippen LogP contribution in [0.4, 0.5) is 0 Å². The summed E-state index contributed by atoms with van der Waals surface area (Å²) in [7, 11) is -3.20. The summed E-state index contributed by atoms with van der Waals surface area (Å²) in [6.07, 6.45) is -1.39. The van der Waals surface area contributed by atoms with E-state index in [2.05, 4.69) is 0 Å². The summed E-state index contributed by atoms with van der Waals surface area (Å²) in [6, 6.07) is 0. The second-order valence-electron chi connectivity index (χ2n) is 4.23. The number of sulfone groups is 1. The van der Waals surface area contributed by atoms with E-state index in [1.807, 2.05) is 0 Å². The molecular formula is C10H19NO5S2. The van der Waals surface area contributed by atoms with Crippen LogP contribution in [0.25, 0.3) is 0 Å². The molecule has 0 bridgehead atoms. The predicted molar refractivity (Wildman–Crippen MR) is 70.4 cm³/mol. The lowest BCUT2D eigenvalue weighted by atomic mass is 10.2. The Morgan fingerprint density at radius 2 is 2.22 bits per heavy atom. The van der Waals surface area contributed by atoms with Crippen LogP contribution in [0.15, 0.2) is 0 Å². The molecule has 1 heterocycles. The standard InChI is InChI=1S/C10H19NO5S2/c1-2-18(15,16)9-7-17-4-3-11(9)6-8(12)5-10(13)14/h8-9,12H,2-7H2,1H3,(H,13,14). The molecule has 1 saturated heterocycles. The van der Waals surface area contributed by atoms with Gasteiger partial charge >= 0.3 is 5.97 Å². The number of aliphatic carboxylic acids is 1. The molecule has 1 aliphatic heterocycles. The highest BCUT2D eigenvalue weighted by molar-refractivity contribution is 8.01. The van der Waals surface area contributed by atoms with Gasteiger partial charge in [-0.3, -0.25) is 9.69 Å². The number of nitrogens with zero attached hydrogens (tertiary/aromatic N) is 1. The van der Waals surface area contributed by atoms with Crippen molar-refractivity contribution in [1.82, 2.24) is 4.90 Å². The molecule has 0 aromatic rings. The van der Waals surface area contributed by atoms with Crippen molar-refractivity contribution >= 4 is 27.6 Å². The van der Waals surface area contributed by atoms with Crippen LogP contribution in [0.2, 0.25) is 0 Å². The number of rotatable bonds is 6. The number of aliphatic hydroxyl groups excluding tert-OH is 1. The van der Waals surface area contributed by atoms with Gasteiger partial charge in [-0.05, 0) is 0 Å². The van der Waals surface area contributed by atoms with Gasteiger partial charge in [0.2, 0.25) is 0 Å². The number of carboxylic acids is 1. The summed E-state index contributed by atoms with van der Waals surface area (Å²) in [4.78, 5) is 12.2. The minimum atomic E-state index is -3.20. The molecule has 0 spiro atoms. The molecule has 106 valence electrons. The SMILES string of the molecule is CCS(=O)(=O)C1CSCCN1CC(O)CC(=O)O. The molecule has 6 nitrogen and oxygen atoms in total. The fourth-order valence-electron chi connectivity index (χ4n) is 1.88. The normalized spacial score (nSPS) is 23.8. The molecule has 2 unspecified atom stereocenters. The Balaban J connectivity index is 2.68. The molecule has 0 aliphatic carbocycles. The Bertz CT molecular complexity index is 384. The zero-order valence-corrected chi connectivity index (χ0v) is 11.9. The second kappa shape index (κ2) is 6.74. The van der Waals surface area contributed by atoms with Crippen LogP contribution >= 0.6 is 11.8 Å². The zero-order chi connectivity index (χ0) is 13.8. The number of β-amino-alcohol motifs (C(OH)–C–C–N with tert-alkyl or cyclic N) is 1. The largest absolute Gasteiger partial charge is 0.481 e. The minimum Gasteiger partial charge on any atom is -0.481 e. The van der Waals surface area contributed by atoms with Gasteiger partial charge in [0.25, 0.3) is 0 Å². The van der Waals surface area contributed by atoms with E-state index in [9.17, 15) is 18.3 Å². The zero-order valence-electron chi connectivity index (χ0n) is 10.3. The summed E-state index contributed by atoms with van der Waals surface area (Å²) in [5.74, 6) is 0.263. The van der Waals surface area contributed by atoms with Gasteiger partial charge in [0.05, 0.1) is 12.5 Å². The van der Waals surface area contributed by atoms with Gasteiger partial charge in [0, 0.05) is 30.3 Å². The number of carbonyl (C=O) groups is 1. The van der Waals surface area contributed by atoms with Crippen molar-refractivity contribution in [2.45, 2.75) is 24.8 Å². The van der Waals surface area contributed by atoms with Crippen molar-refractivity contribution < 1.29 is 23.4 Å². The van der Waals surface area contributed by atoms with Crippen LogP contribution < -0.4 is 0 Å². The number of aliphatic hydroxyl groups is 1. The molecule has 2 N–H and O–H groups in total. The molecule has 1 aliphatic rings. The Morgan fingerprint density at radius 1 is 1.56 bits per heavy atom. The first-order valence-electron chi connectivity index (χ1n) is 5.80. The first-order valence-corrected chi connectivity index (χ1v) is 8.67. The maximum absolute atomic E-state index is 11.9. The van der Waals surface area contributed by atoms with Gasteiger partial charge in [0.1, 0.15) is 5.37 Å². The number of hydrogen-bond acceptors (Lipinski definition) is 6. The Kier molecular flexibility index (Phi) is 5.90. The molecule has 0 aromatic carbocycles. The van der Waals surface area contributed by atoms with E-state index < -0.39 is 27.3 Å². The molecule has 0 saturated carbocycles. The predicted octanol–water partition coefficient (Wildman–Crippen LogP) is -0.368. The third-order valence-corrected chi connectivity index (χ3v) is 6.20.